The second kappa shape index (κ2) is 7.95. The largest absolute Gasteiger partial charge is 0.347 e. The summed E-state index contributed by atoms with van der Waals surface area (Å²) in [5.41, 5.74) is 1.72. The zero-order valence-corrected chi connectivity index (χ0v) is 15.8. The van der Waals surface area contributed by atoms with Crippen molar-refractivity contribution in [3.05, 3.63) is 56.9 Å². The van der Waals surface area contributed by atoms with E-state index in [1.807, 2.05) is 20.0 Å². The first-order valence-corrected chi connectivity index (χ1v) is 9.22. The smallest absolute Gasteiger partial charge is 0.302 e. The van der Waals surface area contributed by atoms with Crippen LogP contribution in [0.4, 0.5) is 0 Å². The Balaban J connectivity index is 1.54. The Morgan fingerprint density at radius 2 is 1.92 bits per heavy atom. The standard InChI is InChI=1S/C19H27N5O2/c1-14(2)17-8-18(25)24(13-21-17)12-15-4-6-23(7-5-15)11-16-9-20-19(26)22(3)10-16/h8-10,13-15H,4-7,11-12H2,1-3H3. The van der Waals surface area contributed by atoms with Gasteiger partial charge in [-0.3, -0.25) is 14.3 Å². The van der Waals surface area contributed by atoms with E-state index >= 15 is 0 Å². The van der Waals surface area contributed by atoms with Gasteiger partial charge in [-0.15, -0.1) is 0 Å². The van der Waals surface area contributed by atoms with Crippen LogP contribution in [0.3, 0.4) is 0 Å². The van der Waals surface area contributed by atoms with Crippen LogP contribution in [0, 0.1) is 5.92 Å². The quantitative estimate of drug-likeness (QED) is 0.808. The molecule has 3 heterocycles. The Kier molecular flexibility index (Phi) is 5.66. The monoisotopic (exact) mass is 357 g/mol. The zero-order valence-electron chi connectivity index (χ0n) is 15.8. The van der Waals surface area contributed by atoms with Crippen molar-refractivity contribution in [1.29, 1.82) is 0 Å². The second-order valence-corrected chi connectivity index (χ2v) is 7.53. The molecule has 2 aromatic heterocycles. The van der Waals surface area contributed by atoms with Gasteiger partial charge in [0, 0.05) is 44.2 Å². The van der Waals surface area contributed by atoms with Crippen molar-refractivity contribution in [3.63, 3.8) is 0 Å². The van der Waals surface area contributed by atoms with Gasteiger partial charge in [0.25, 0.3) is 5.56 Å². The molecule has 3 rings (SSSR count). The van der Waals surface area contributed by atoms with Crippen molar-refractivity contribution >= 4 is 0 Å². The maximum absolute atomic E-state index is 12.3. The minimum Gasteiger partial charge on any atom is -0.302 e. The molecule has 0 radical (unpaired) electrons. The van der Waals surface area contributed by atoms with Crippen molar-refractivity contribution < 1.29 is 0 Å². The van der Waals surface area contributed by atoms with Crippen LogP contribution >= 0.6 is 0 Å². The van der Waals surface area contributed by atoms with E-state index in [1.54, 1.807) is 30.2 Å². The Morgan fingerprint density at radius 1 is 1.19 bits per heavy atom. The predicted octanol–water partition coefficient (Wildman–Crippen LogP) is 1.37. The summed E-state index contributed by atoms with van der Waals surface area (Å²) in [7, 11) is 1.72. The lowest BCUT2D eigenvalue weighted by Crippen LogP contribution is -2.36. The fraction of sp³-hybridized carbons (Fsp3) is 0.579. The third-order valence-corrected chi connectivity index (χ3v) is 5.06. The van der Waals surface area contributed by atoms with E-state index < -0.39 is 0 Å². The van der Waals surface area contributed by atoms with Crippen molar-refractivity contribution in [3.8, 4) is 0 Å². The molecule has 140 valence electrons. The highest BCUT2D eigenvalue weighted by atomic mass is 16.1. The van der Waals surface area contributed by atoms with Gasteiger partial charge in [0.2, 0.25) is 0 Å². The fourth-order valence-electron chi connectivity index (χ4n) is 3.40. The molecule has 1 aliphatic rings. The third kappa shape index (κ3) is 4.46. The summed E-state index contributed by atoms with van der Waals surface area (Å²) in [5.74, 6) is 0.765. The fourth-order valence-corrected chi connectivity index (χ4v) is 3.40. The second-order valence-electron chi connectivity index (χ2n) is 7.53. The first-order valence-electron chi connectivity index (χ1n) is 9.22. The number of aromatic nitrogens is 4. The Bertz CT molecular complexity index is 863. The van der Waals surface area contributed by atoms with Gasteiger partial charge in [-0.05, 0) is 37.8 Å². The molecule has 1 fully saturated rings. The summed E-state index contributed by atoms with van der Waals surface area (Å²) in [6.45, 7) is 7.60. The van der Waals surface area contributed by atoms with Crippen LogP contribution in [0.2, 0.25) is 0 Å². The van der Waals surface area contributed by atoms with E-state index in [-0.39, 0.29) is 17.2 Å². The Hall–Kier alpha value is -2.28. The predicted molar refractivity (Wildman–Crippen MR) is 100 cm³/mol. The molecule has 26 heavy (non-hydrogen) atoms. The molecule has 0 unspecified atom stereocenters. The van der Waals surface area contributed by atoms with Gasteiger partial charge in [-0.25, -0.2) is 14.8 Å². The summed E-state index contributed by atoms with van der Waals surface area (Å²) >= 11 is 0. The number of aryl methyl sites for hydroxylation is 1. The van der Waals surface area contributed by atoms with E-state index in [4.69, 9.17) is 0 Å². The van der Waals surface area contributed by atoms with Gasteiger partial charge in [-0.2, -0.15) is 0 Å². The lowest BCUT2D eigenvalue weighted by Gasteiger charge is -2.32. The van der Waals surface area contributed by atoms with Crippen LogP contribution in [0.15, 0.2) is 34.4 Å². The molecule has 1 saturated heterocycles. The molecule has 0 amide bonds. The van der Waals surface area contributed by atoms with Crippen LogP contribution in [0.5, 0.6) is 0 Å². The highest BCUT2D eigenvalue weighted by Crippen LogP contribution is 2.20. The summed E-state index contributed by atoms with van der Waals surface area (Å²) in [5, 5.41) is 0. The van der Waals surface area contributed by atoms with Crippen molar-refractivity contribution in [2.24, 2.45) is 13.0 Å². The highest BCUT2D eigenvalue weighted by Gasteiger charge is 2.20. The molecule has 0 N–H and O–H groups in total. The van der Waals surface area contributed by atoms with E-state index in [9.17, 15) is 9.59 Å². The van der Waals surface area contributed by atoms with E-state index in [0.29, 0.717) is 5.92 Å². The summed E-state index contributed by atoms with van der Waals surface area (Å²) in [6, 6.07) is 1.66. The lowest BCUT2D eigenvalue weighted by atomic mass is 9.96. The average Bonchev–Trinajstić information content (AvgIpc) is 2.61. The van der Waals surface area contributed by atoms with Crippen LogP contribution < -0.4 is 11.2 Å². The molecule has 7 nitrogen and oxygen atoms in total. The highest BCUT2D eigenvalue weighted by molar-refractivity contribution is 5.05. The normalized spacial score (nSPS) is 16.3. The SMILES string of the molecule is CC(C)c1cc(=O)n(CC2CCN(Cc3cnc(=O)n(C)c3)CC2)cn1. The number of hydrogen-bond acceptors (Lipinski definition) is 5. The molecule has 0 aromatic carbocycles. The zero-order chi connectivity index (χ0) is 18.7. The summed E-state index contributed by atoms with van der Waals surface area (Å²) in [4.78, 5) is 34.3. The molecule has 0 bridgehead atoms. The van der Waals surface area contributed by atoms with Crippen LogP contribution in [0.1, 0.15) is 43.9 Å². The Labute approximate surface area is 153 Å². The molecule has 0 aliphatic carbocycles. The Morgan fingerprint density at radius 3 is 2.54 bits per heavy atom. The first-order chi connectivity index (χ1) is 12.4. The van der Waals surface area contributed by atoms with Crippen molar-refractivity contribution in [2.45, 2.75) is 45.7 Å². The molecular weight excluding hydrogens is 330 g/mol. The van der Waals surface area contributed by atoms with Crippen LogP contribution in [-0.4, -0.2) is 37.1 Å². The summed E-state index contributed by atoms with van der Waals surface area (Å²) in [6.07, 6.45) is 7.31. The van der Waals surface area contributed by atoms with Gasteiger partial charge in [-0.1, -0.05) is 13.8 Å². The number of nitrogens with zero attached hydrogens (tertiary/aromatic N) is 5. The van der Waals surface area contributed by atoms with E-state index in [2.05, 4.69) is 14.9 Å². The van der Waals surface area contributed by atoms with Gasteiger partial charge in [0.15, 0.2) is 0 Å². The molecule has 0 saturated carbocycles. The van der Waals surface area contributed by atoms with Crippen LogP contribution in [0.25, 0.3) is 0 Å². The molecule has 0 spiro atoms. The molecule has 0 atom stereocenters. The van der Waals surface area contributed by atoms with Gasteiger partial charge in [0.05, 0.1) is 12.0 Å². The maximum atomic E-state index is 12.3. The van der Waals surface area contributed by atoms with Crippen molar-refractivity contribution in [2.75, 3.05) is 13.1 Å². The van der Waals surface area contributed by atoms with Crippen molar-refractivity contribution in [1.82, 2.24) is 24.0 Å². The summed E-state index contributed by atoms with van der Waals surface area (Å²) < 4.78 is 3.26. The lowest BCUT2D eigenvalue weighted by molar-refractivity contribution is 0.165. The molecule has 7 heteroatoms. The first kappa shape index (κ1) is 18.5. The molecule has 1 aliphatic heterocycles. The number of piperidine rings is 1. The number of hydrogen-bond donors (Lipinski definition) is 0. The number of rotatable bonds is 5. The third-order valence-electron chi connectivity index (χ3n) is 5.06. The molecule has 2 aromatic rings. The topological polar surface area (TPSA) is 73.0 Å². The molecular formula is C19H27N5O2. The van der Waals surface area contributed by atoms with Gasteiger partial charge in [0.1, 0.15) is 0 Å². The van der Waals surface area contributed by atoms with Gasteiger partial charge >= 0.3 is 5.69 Å². The average molecular weight is 357 g/mol. The minimum atomic E-state index is -0.227. The van der Waals surface area contributed by atoms with Crippen LogP contribution in [-0.2, 0) is 20.1 Å². The van der Waals surface area contributed by atoms with Gasteiger partial charge < -0.3 is 4.57 Å². The number of likely N-dealkylation sites (tertiary alicyclic amines) is 1. The van der Waals surface area contributed by atoms with E-state index in [1.165, 1.54) is 4.57 Å². The van der Waals surface area contributed by atoms with E-state index in [0.717, 1.165) is 50.3 Å². The minimum absolute atomic E-state index is 0.0439. The maximum Gasteiger partial charge on any atom is 0.347 e.